The zero-order valence-corrected chi connectivity index (χ0v) is 28.5. The predicted molar refractivity (Wildman–Crippen MR) is 223 cm³/mol. The molecule has 0 unspecified atom stereocenters. The minimum absolute atomic E-state index is 1.11. The van der Waals surface area contributed by atoms with E-state index in [-0.39, 0.29) is 0 Å². The third-order valence-corrected chi connectivity index (χ3v) is 10.3. The van der Waals surface area contributed by atoms with Crippen LogP contribution in [0.1, 0.15) is 0 Å². The summed E-state index contributed by atoms with van der Waals surface area (Å²) < 4.78 is 0. The van der Waals surface area contributed by atoms with Crippen molar-refractivity contribution >= 4 is 88.0 Å². The molecule has 244 valence electrons. The molecule has 0 aromatic heterocycles. The number of fused-ring (bicyclic) bond motifs is 5. The summed E-state index contributed by atoms with van der Waals surface area (Å²) in [5, 5.41) is 12.0. The highest BCUT2D eigenvalue weighted by molar-refractivity contribution is 6.26. The first kappa shape index (κ1) is 30.0. The Morgan fingerprint density at radius 2 is 0.558 bits per heavy atom. The number of rotatable bonds is 6. The average molecular weight is 663 g/mol. The van der Waals surface area contributed by atoms with Crippen LogP contribution >= 0.6 is 0 Å². The summed E-state index contributed by atoms with van der Waals surface area (Å²) in [6.45, 7) is 0. The van der Waals surface area contributed by atoms with Crippen LogP contribution in [0.3, 0.4) is 0 Å². The Bertz CT molecular complexity index is 2700. The molecular weight excluding hydrogens is 629 g/mol. The Balaban J connectivity index is 1.41. The highest BCUT2D eigenvalue weighted by atomic mass is 15.2. The van der Waals surface area contributed by atoms with Gasteiger partial charge < -0.3 is 9.80 Å². The van der Waals surface area contributed by atoms with Crippen molar-refractivity contribution in [2.24, 2.45) is 0 Å². The van der Waals surface area contributed by atoms with Crippen LogP contribution in [0.4, 0.5) is 34.1 Å². The second-order valence-electron chi connectivity index (χ2n) is 13.3. The first-order chi connectivity index (χ1) is 25.8. The Hall–Kier alpha value is -6.90. The minimum atomic E-state index is 1.11. The van der Waals surface area contributed by atoms with E-state index in [0.29, 0.717) is 0 Å². The fourth-order valence-electron chi connectivity index (χ4n) is 8.04. The van der Waals surface area contributed by atoms with Crippen molar-refractivity contribution in [3.8, 4) is 0 Å². The Labute approximate surface area is 303 Å². The Kier molecular flexibility index (Phi) is 7.18. The van der Waals surface area contributed by atoms with E-state index in [0.717, 1.165) is 34.1 Å². The molecule has 0 aliphatic heterocycles. The van der Waals surface area contributed by atoms with E-state index < -0.39 is 0 Å². The van der Waals surface area contributed by atoms with E-state index in [9.17, 15) is 0 Å². The Morgan fingerprint density at radius 3 is 0.981 bits per heavy atom. The van der Waals surface area contributed by atoms with Gasteiger partial charge in [-0.2, -0.15) is 0 Å². The summed E-state index contributed by atoms with van der Waals surface area (Å²) in [4.78, 5) is 4.96. The molecule has 0 saturated heterocycles. The monoisotopic (exact) mass is 662 g/mol. The van der Waals surface area contributed by atoms with Crippen molar-refractivity contribution in [3.63, 3.8) is 0 Å². The average Bonchev–Trinajstić information content (AvgIpc) is 3.22. The van der Waals surface area contributed by atoms with Crippen molar-refractivity contribution in [1.82, 2.24) is 0 Å². The van der Waals surface area contributed by atoms with Crippen LogP contribution in [0, 0.1) is 0 Å². The second kappa shape index (κ2) is 12.5. The molecule has 0 fully saturated rings. The predicted octanol–water partition coefficient (Wildman–Crippen LogP) is 14.4. The van der Waals surface area contributed by atoms with Gasteiger partial charge in [0.25, 0.3) is 0 Å². The van der Waals surface area contributed by atoms with Crippen LogP contribution in [0.15, 0.2) is 206 Å². The molecule has 2 nitrogen and oxygen atoms in total. The van der Waals surface area contributed by atoms with Gasteiger partial charge >= 0.3 is 0 Å². The summed E-state index contributed by atoms with van der Waals surface area (Å²) in [5.41, 5.74) is 6.83. The first-order valence-electron chi connectivity index (χ1n) is 17.9. The van der Waals surface area contributed by atoms with Gasteiger partial charge in [-0.1, -0.05) is 158 Å². The summed E-state index contributed by atoms with van der Waals surface area (Å²) in [5.74, 6) is 0. The molecule has 0 atom stereocenters. The van der Waals surface area contributed by atoms with E-state index in [1.807, 2.05) is 0 Å². The van der Waals surface area contributed by atoms with Gasteiger partial charge in [0.05, 0.1) is 22.7 Å². The number of hydrogen-bond donors (Lipinski definition) is 0. The van der Waals surface area contributed by atoms with Gasteiger partial charge in [0, 0.05) is 43.7 Å². The molecule has 10 aromatic carbocycles. The van der Waals surface area contributed by atoms with E-state index in [2.05, 4.69) is 216 Å². The van der Waals surface area contributed by atoms with Crippen molar-refractivity contribution in [3.05, 3.63) is 206 Å². The SMILES string of the molecule is c1ccc(N(c2cccc3ccccc23)c2c3ccccc3c(N(c3ccccc3)c3cccc4ccccc34)c3cc4ccccc4cc23)cc1. The van der Waals surface area contributed by atoms with Gasteiger partial charge in [0.15, 0.2) is 0 Å². The van der Waals surface area contributed by atoms with Crippen LogP contribution < -0.4 is 9.80 Å². The largest absolute Gasteiger partial charge is 0.309 e. The number of hydrogen-bond acceptors (Lipinski definition) is 2. The summed E-state index contributed by atoms with van der Waals surface area (Å²) >= 11 is 0. The Morgan fingerprint density at radius 1 is 0.231 bits per heavy atom. The third kappa shape index (κ3) is 4.88. The molecule has 0 bridgehead atoms. The first-order valence-corrected chi connectivity index (χ1v) is 17.9. The van der Waals surface area contributed by atoms with E-state index in [4.69, 9.17) is 0 Å². The summed E-state index contributed by atoms with van der Waals surface area (Å²) in [6.07, 6.45) is 0. The highest BCUT2D eigenvalue weighted by Crippen LogP contribution is 2.53. The molecule has 0 saturated carbocycles. The lowest BCUT2D eigenvalue weighted by atomic mass is 9.92. The minimum Gasteiger partial charge on any atom is -0.309 e. The molecular formula is C50H34N2. The lowest BCUT2D eigenvalue weighted by molar-refractivity contribution is 1.31. The molecule has 0 spiro atoms. The number of nitrogens with zero attached hydrogens (tertiary/aromatic N) is 2. The van der Waals surface area contributed by atoms with Crippen LogP contribution in [0.5, 0.6) is 0 Å². The maximum absolute atomic E-state index is 2.48. The zero-order chi connectivity index (χ0) is 34.4. The highest BCUT2D eigenvalue weighted by Gasteiger charge is 2.27. The topological polar surface area (TPSA) is 6.48 Å². The number of benzene rings is 10. The third-order valence-electron chi connectivity index (χ3n) is 10.3. The maximum atomic E-state index is 2.48. The standard InChI is InChI=1S/C50H34N2/c1-3-23-39(24-4-1)51(47-31-15-21-35-17-9-11-27-41(35)47)49-43-29-13-14-30-44(43)50(46-34-38-20-8-7-19-37(38)33-45(46)49)52(40-25-5-2-6-26-40)48-32-16-22-36-18-10-12-28-42(36)48/h1-34H. The molecule has 52 heavy (non-hydrogen) atoms. The molecule has 2 heteroatoms. The molecule has 0 N–H and O–H groups in total. The summed E-state index contributed by atoms with van der Waals surface area (Å²) in [7, 11) is 0. The molecule has 0 amide bonds. The second-order valence-corrected chi connectivity index (χ2v) is 13.3. The number of para-hydroxylation sites is 2. The molecule has 10 aromatic rings. The smallest absolute Gasteiger partial charge is 0.0620 e. The lowest BCUT2D eigenvalue weighted by Gasteiger charge is -2.33. The van der Waals surface area contributed by atoms with Crippen LogP contribution in [-0.2, 0) is 0 Å². The van der Waals surface area contributed by atoms with Crippen LogP contribution in [0.2, 0.25) is 0 Å². The van der Waals surface area contributed by atoms with Crippen molar-refractivity contribution in [2.45, 2.75) is 0 Å². The molecule has 0 aliphatic rings. The van der Waals surface area contributed by atoms with Crippen LogP contribution in [0.25, 0.3) is 53.9 Å². The van der Waals surface area contributed by atoms with Gasteiger partial charge in [-0.05, 0) is 70.1 Å². The number of anilines is 6. The fourth-order valence-corrected chi connectivity index (χ4v) is 8.04. The van der Waals surface area contributed by atoms with Gasteiger partial charge in [-0.25, -0.2) is 0 Å². The quantitative estimate of drug-likeness (QED) is 0.129. The van der Waals surface area contributed by atoms with Gasteiger partial charge in [0.1, 0.15) is 0 Å². The van der Waals surface area contributed by atoms with Crippen molar-refractivity contribution in [2.75, 3.05) is 9.80 Å². The van der Waals surface area contributed by atoms with Crippen molar-refractivity contribution < 1.29 is 0 Å². The molecule has 0 heterocycles. The van der Waals surface area contributed by atoms with Crippen LogP contribution in [-0.4, -0.2) is 0 Å². The van der Waals surface area contributed by atoms with E-state index in [1.165, 1.54) is 53.9 Å². The van der Waals surface area contributed by atoms with E-state index in [1.54, 1.807) is 0 Å². The molecule has 0 radical (unpaired) electrons. The fraction of sp³-hybridized carbons (Fsp3) is 0. The molecule has 10 rings (SSSR count). The van der Waals surface area contributed by atoms with Crippen molar-refractivity contribution in [1.29, 1.82) is 0 Å². The molecule has 0 aliphatic carbocycles. The van der Waals surface area contributed by atoms with Gasteiger partial charge in [0.2, 0.25) is 0 Å². The normalized spacial score (nSPS) is 11.5. The van der Waals surface area contributed by atoms with Gasteiger partial charge in [-0.3, -0.25) is 0 Å². The zero-order valence-electron chi connectivity index (χ0n) is 28.5. The van der Waals surface area contributed by atoms with Gasteiger partial charge in [-0.15, -0.1) is 0 Å². The van der Waals surface area contributed by atoms with E-state index >= 15 is 0 Å². The lowest BCUT2D eigenvalue weighted by Crippen LogP contribution is -2.15. The maximum Gasteiger partial charge on any atom is 0.0620 e. The summed E-state index contributed by atoms with van der Waals surface area (Å²) in [6, 6.07) is 74.9.